The standard InChI is InChI=1S/C12H14F3N3S/c1-18(10-6-17-11(16)19-10)7-8-3-2-4-9(5-8)12(13,14)15/h2-6,11,17H,7,16H2,1H3. The minimum absolute atomic E-state index is 0.195. The van der Waals surface area contributed by atoms with Gasteiger partial charge >= 0.3 is 6.18 Å². The van der Waals surface area contributed by atoms with E-state index in [4.69, 9.17) is 5.73 Å². The fourth-order valence-corrected chi connectivity index (χ4v) is 2.53. The summed E-state index contributed by atoms with van der Waals surface area (Å²) in [6, 6.07) is 5.35. The van der Waals surface area contributed by atoms with Crippen LogP contribution in [-0.2, 0) is 12.7 Å². The number of nitrogens with one attached hydrogen (secondary N) is 1. The minimum Gasteiger partial charge on any atom is -0.365 e. The summed E-state index contributed by atoms with van der Waals surface area (Å²) in [5.74, 6) is 0. The van der Waals surface area contributed by atoms with Gasteiger partial charge < -0.3 is 16.0 Å². The lowest BCUT2D eigenvalue weighted by Crippen LogP contribution is -2.25. The van der Waals surface area contributed by atoms with Gasteiger partial charge in [-0.3, -0.25) is 0 Å². The first-order valence-electron chi connectivity index (χ1n) is 5.62. The molecule has 1 unspecified atom stereocenters. The molecule has 0 bridgehead atoms. The van der Waals surface area contributed by atoms with Crippen molar-refractivity contribution < 1.29 is 13.2 Å². The topological polar surface area (TPSA) is 41.3 Å². The SMILES string of the molecule is CN(Cc1cccc(C(F)(F)F)c1)C1=CNC(N)S1. The highest BCUT2D eigenvalue weighted by molar-refractivity contribution is 8.03. The number of halogens is 3. The van der Waals surface area contributed by atoms with Crippen LogP contribution in [0, 0.1) is 0 Å². The van der Waals surface area contributed by atoms with E-state index in [1.54, 1.807) is 12.3 Å². The number of hydrogen-bond donors (Lipinski definition) is 2. The molecule has 1 aromatic carbocycles. The van der Waals surface area contributed by atoms with Gasteiger partial charge in [0.05, 0.1) is 10.6 Å². The Labute approximate surface area is 113 Å². The third-order valence-electron chi connectivity index (χ3n) is 2.67. The molecule has 104 valence electrons. The second-order valence-corrected chi connectivity index (χ2v) is 5.40. The zero-order valence-electron chi connectivity index (χ0n) is 10.2. The first kappa shape index (κ1) is 14.1. The van der Waals surface area contributed by atoms with Crippen molar-refractivity contribution in [2.75, 3.05) is 7.05 Å². The highest BCUT2D eigenvalue weighted by Crippen LogP contribution is 2.31. The van der Waals surface area contributed by atoms with Crippen LogP contribution in [0.15, 0.2) is 35.5 Å². The van der Waals surface area contributed by atoms with Crippen LogP contribution >= 0.6 is 11.8 Å². The molecule has 0 saturated carbocycles. The van der Waals surface area contributed by atoms with Crippen molar-refractivity contribution in [2.24, 2.45) is 5.73 Å². The Morgan fingerprint density at radius 1 is 1.42 bits per heavy atom. The molecular weight excluding hydrogens is 275 g/mol. The number of benzene rings is 1. The Morgan fingerprint density at radius 3 is 2.74 bits per heavy atom. The summed E-state index contributed by atoms with van der Waals surface area (Å²) in [6.07, 6.45) is -2.54. The van der Waals surface area contributed by atoms with E-state index in [0.717, 1.165) is 11.1 Å². The van der Waals surface area contributed by atoms with Crippen LogP contribution < -0.4 is 11.1 Å². The van der Waals surface area contributed by atoms with Crippen molar-refractivity contribution in [2.45, 2.75) is 18.2 Å². The average molecular weight is 289 g/mol. The van der Waals surface area contributed by atoms with Gasteiger partial charge in [-0.1, -0.05) is 23.9 Å². The van der Waals surface area contributed by atoms with Gasteiger partial charge in [-0.05, 0) is 17.7 Å². The summed E-state index contributed by atoms with van der Waals surface area (Å²) in [4.78, 5) is 1.86. The first-order valence-corrected chi connectivity index (χ1v) is 6.50. The van der Waals surface area contributed by atoms with E-state index in [-0.39, 0.29) is 5.50 Å². The summed E-state index contributed by atoms with van der Waals surface area (Å²) in [6.45, 7) is 0.400. The molecule has 7 heteroatoms. The normalized spacial score (nSPS) is 19.0. The summed E-state index contributed by atoms with van der Waals surface area (Å²) in [5.41, 5.74) is 5.45. The van der Waals surface area contributed by atoms with Crippen molar-refractivity contribution in [1.82, 2.24) is 10.2 Å². The Kier molecular flexibility index (Phi) is 3.96. The lowest BCUT2D eigenvalue weighted by Gasteiger charge is -2.20. The van der Waals surface area contributed by atoms with E-state index in [1.807, 2.05) is 11.9 Å². The molecule has 19 heavy (non-hydrogen) atoms. The molecular formula is C12H14F3N3S. The summed E-state index contributed by atoms with van der Waals surface area (Å²) in [7, 11) is 1.82. The third-order valence-corrected chi connectivity index (χ3v) is 3.73. The summed E-state index contributed by atoms with van der Waals surface area (Å²) >= 11 is 1.43. The van der Waals surface area contributed by atoms with E-state index in [2.05, 4.69) is 5.32 Å². The van der Waals surface area contributed by atoms with Crippen LogP contribution in [0.2, 0.25) is 0 Å². The van der Waals surface area contributed by atoms with Gasteiger partial charge in [-0.15, -0.1) is 0 Å². The van der Waals surface area contributed by atoms with Gasteiger partial charge in [-0.25, -0.2) is 0 Å². The number of thioether (sulfide) groups is 1. The fraction of sp³-hybridized carbons (Fsp3) is 0.333. The van der Waals surface area contributed by atoms with Crippen LogP contribution in [0.1, 0.15) is 11.1 Å². The van der Waals surface area contributed by atoms with Gasteiger partial charge in [0.2, 0.25) is 0 Å². The Hall–Kier alpha value is -1.34. The zero-order valence-corrected chi connectivity index (χ0v) is 11.1. The molecule has 1 atom stereocenters. The van der Waals surface area contributed by atoms with Crippen molar-refractivity contribution >= 4 is 11.8 Å². The van der Waals surface area contributed by atoms with Crippen LogP contribution in [0.3, 0.4) is 0 Å². The molecule has 3 N–H and O–H groups in total. The molecule has 1 heterocycles. The lowest BCUT2D eigenvalue weighted by molar-refractivity contribution is -0.137. The van der Waals surface area contributed by atoms with Gasteiger partial charge in [0.1, 0.15) is 5.50 Å². The lowest BCUT2D eigenvalue weighted by atomic mass is 10.1. The molecule has 0 aromatic heterocycles. The molecule has 2 rings (SSSR count). The number of rotatable bonds is 3. The van der Waals surface area contributed by atoms with Gasteiger partial charge in [-0.2, -0.15) is 13.2 Å². The predicted octanol–water partition coefficient (Wildman–Crippen LogP) is 2.51. The summed E-state index contributed by atoms with van der Waals surface area (Å²) in [5, 5.41) is 3.84. The molecule has 0 fully saturated rings. The van der Waals surface area contributed by atoms with Crippen molar-refractivity contribution in [3.63, 3.8) is 0 Å². The van der Waals surface area contributed by atoms with Crippen LogP contribution in [-0.4, -0.2) is 17.4 Å². The number of hydrogen-bond acceptors (Lipinski definition) is 4. The predicted molar refractivity (Wildman–Crippen MR) is 69.7 cm³/mol. The molecule has 1 aliphatic heterocycles. The quantitative estimate of drug-likeness (QED) is 0.897. The van der Waals surface area contributed by atoms with Crippen molar-refractivity contribution in [3.8, 4) is 0 Å². The minimum atomic E-state index is -4.31. The monoisotopic (exact) mass is 289 g/mol. The largest absolute Gasteiger partial charge is 0.416 e. The molecule has 0 aliphatic carbocycles. The van der Waals surface area contributed by atoms with Crippen LogP contribution in [0.4, 0.5) is 13.2 Å². The highest BCUT2D eigenvalue weighted by Gasteiger charge is 2.30. The van der Waals surface area contributed by atoms with Crippen molar-refractivity contribution in [1.29, 1.82) is 0 Å². The maximum atomic E-state index is 12.6. The Balaban J connectivity index is 2.07. The summed E-state index contributed by atoms with van der Waals surface area (Å²) < 4.78 is 37.8. The third kappa shape index (κ3) is 3.57. The maximum absolute atomic E-state index is 12.6. The molecule has 1 aliphatic rings. The van der Waals surface area contributed by atoms with E-state index in [9.17, 15) is 13.2 Å². The second-order valence-electron chi connectivity index (χ2n) is 4.24. The second kappa shape index (κ2) is 5.34. The average Bonchev–Trinajstić information content (AvgIpc) is 2.75. The van der Waals surface area contributed by atoms with Gasteiger partial charge in [0.15, 0.2) is 0 Å². The van der Waals surface area contributed by atoms with E-state index < -0.39 is 11.7 Å². The number of nitrogens with zero attached hydrogens (tertiary/aromatic N) is 1. The highest BCUT2D eigenvalue weighted by atomic mass is 32.2. The molecule has 3 nitrogen and oxygen atoms in total. The Morgan fingerprint density at radius 2 is 2.16 bits per heavy atom. The van der Waals surface area contributed by atoms with Gasteiger partial charge in [0, 0.05) is 19.8 Å². The van der Waals surface area contributed by atoms with E-state index >= 15 is 0 Å². The van der Waals surface area contributed by atoms with Crippen LogP contribution in [0.25, 0.3) is 0 Å². The molecule has 0 saturated heterocycles. The maximum Gasteiger partial charge on any atom is 0.416 e. The number of nitrogens with two attached hydrogens (primary N) is 1. The van der Waals surface area contributed by atoms with E-state index in [1.165, 1.54) is 23.9 Å². The van der Waals surface area contributed by atoms with Crippen LogP contribution in [0.5, 0.6) is 0 Å². The molecule has 1 aromatic rings. The molecule has 0 radical (unpaired) electrons. The van der Waals surface area contributed by atoms with Gasteiger partial charge in [0.25, 0.3) is 0 Å². The molecule has 0 spiro atoms. The molecule has 0 amide bonds. The van der Waals surface area contributed by atoms with E-state index in [0.29, 0.717) is 12.1 Å². The van der Waals surface area contributed by atoms with Crippen molar-refractivity contribution in [3.05, 3.63) is 46.6 Å². The zero-order chi connectivity index (χ0) is 14.0. The Bertz CT molecular complexity index is 487. The fourth-order valence-electron chi connectivity index (χ4n) is 1.75. The smallest absolute Gasteiger partial charge is 0.365 e. The first-order chi connectivity index (χ1) is 8.86. The number of alkyl halides is 3.